The first-order valence-electron chi connectivity index (χ1n) is 6.03. The van der Waals surface area contributed by atoms with E-state index in [1.165, 1.54) is 0 Å². The predicted octanol–water partition coefficient (Wildman–Crippen LogP) is 1.12. The largest absolute Gasteiger partial charge is 0.465 e. The Morgan fingerprint density at radius 3 is 2.50 bits per heavy atom. The fourth-order valence-corrected chi connectivity index (χ4v) is 1.41. The van der Waals surface area contributed by atoms with Gasteiger partial charge in [-0.05, 0) is 39.9 Å². The molecule has 0 aliphatic carbocycles. The quantitative estimate of drug-likeness (QED) is 0.634. The Balaban J connectivity index is 3.96. The molecule has 0 heterocycles. The number of rotatable bonds is 8. The van der Waals surface area contributed by atoms with E-state index < -0.39 is 0 Å². The molecule has 0 radical (unpaired) electrons. The van der Waals surface area contributed by atoms with Crippen molar-refractivity contribution in [3.8, 4) is 0 Å². The third-order valence-electron chi connectivity index (χ3n) is 2.50. The Morgan fingerprint density at radius 1 is 1.44 bits per heavy atom. The van der Waals surface area contributed by atoms with Crippen LogP contribution in [0.25, 0.3) is 0 Å². The second kappa shape index (κ2) is 8.53. The highest BCUT2D eigenvalue weighted by atomic mass is 16.5. The number of carbonyl (C=O) groups is 1. The second-order valence-corrected chi connectivity index (χ2v) is 4.54. The summed E-state index contributed by atoms with van der Waals surface area (Å²) in [5.74, 6) is 0.527. The average Bonchev–Trinajstić information content (AvgIpc) is 2.23. The highest BCUT2D eigenvalue weighted by Gasteiger charge is 2.19. The van der Waals surface area contributed by atoms with Crippen molar-refractivity contribution in [2.24, 2.45) is 5.92 Å². The monoisotopic (exact) mass is 230 g/mol. The Kier molecular flexibility index (Phi) is 8.21. The summed E-state index contributed by atoms with van der Waals surface area (Å²) >= 11 is 0. The first-order valence-corrected chi connectivity index (χ1v) is 6.03. The van der Waals surface area contributed by atoms with Gasteiger partial charge in [0, 0.05) is 6.54 Å². The molecule has 4 heteroatoms. The van der Waals surface area contributed by atoms with Crippen LogP contribution in [0.1, 0.15) is 27.2 Å². The molecule has 96 valence electrons. The van der Waals surface area contributed by atoms with Crippen LogP contribution in [0, 0.1) is 5.92 Å². The zero-order chi connectivity index (χ0) is 12.6. The summed E-state index contributed by atoms with van der Waals surface area (Å²) in [6.07, 6.45) is 1.15. The Morgan fingerprint density at radius 2 is 2.06 bits per heavy atom. The Hall–Kier alpha value is -0.610. The minimum absolute atomic E-state index is 0.165. The van der Waals surface area contributed by atoms with E-state index in [1.54, 1.807) is 7.05 Å². The molecule has 1 unspecified atom stereocenters. The number of likely N-dealkylation sites (N-methyl/N-ethyl adjacent to an activating group) is 2. The van der Waals surface area contributed by atoms with Crippen LogP contribution >= 0.6 is 0 Å². The molecule has 0 saturated heterocycles. The fraction of sp³-hybridized carbons (Fsp3) is 0.917. The number of hydrogen-bond donors (Lipinski definition) is 1. The van der Waals surface area contributed by atoms with Crippen LogP contribution in [-0.2, 0) is 9.53 Å². The lowest BCUT2D eigenvalue weighted by Gasteiger charge is -2.23. The van der Waals surface area contributed by atoms with Crippen LogP contribution in [0.15, 0.2) is 0 Å². The lowest BCUT2D eigenvalue weighted by Crippen LogP contribution is -2.44. The maximum Gasteiger partial charge on any atom is 0.324 e. The SMILES string of the molecule is CCOC(=O)C(CN(C)CCC(C)C)NC. The molecule has 0 saturated carbocycles. The van der Waals surface area contributed by atoms with Gasteiger partial charge in [-0.3, -0.25) is 4.79 Å². The summed E-state index contributed by atoms with van der Waals surface area (Å²) < 4.78 is 4.99. The van der Waals surface area contributed by atoms with Gasteiger partial charge in [0.05, 0.1) is 6.61 Å². The minimum Gasteiger partial charge on any atom is -0.465 e. The third kappa shape index (κ3) is 6.80. The van der Waals surface area contributed by atoms with E-state index in [4.69, 9.17) is 4.74 Å². The van der Waals surface area contributed by atoms with E-state index in [9.17, 15) is 4.79 Å². The van der Waals surface area contributed by atoms with E-state index in [-0.39, 0.29) is 12.0 Å². The smallest absolute Gasteiger partial charge is 0.324 e. The molecule has 0 fully saturated rings. The van der Waals surface area contributed by atoms with Crippen molar-refractivity contribution in [1.29, 1.82) is 0 Å². The minimum atomic E-state index is -0.225. The Labute approximate surface area is 99.3 Å². The molecule has 0 aromatic rings. The van der Waals surface area contributed by atoms with Crippen LogP contribution < -0.4 is 5.32 Å². The van der Waals surface area contributed by atoms with Crippen molar-refractivity contribution in [2.75, 3.05) is 33.8 Å². The van der Waals surface area contributed by atoms with Crippen LogP contribution in [0.5, 0.6) is 0 Å². The first-order chi connectivity index (χ1) is 7.51. The number of hydrogen-bond acceptors (Lipinski definition) is 4. The maximum absolute atomic E-state index is 11.5. The first kappa shape index (κ1) is 15.4. The molecule has 0 amide bonds. The standard InChI is InChI=1S/C12H26N2O2/c1-6-16-12(15)11(13-4)9-14(5)8-7-10(2)3/h10-11,13H,6-9H2,1-5H3. The van der Waals surface area contributed by atoms with Crippen molar-refractivity contribution in [1.82, 2.24) is 10.2 Å². The van der Waals surface area contributed by atoms with Crippen LogP contribution in [0.2, 0.25) is 0 Å². The van der Waals surface area contributed by atoms with E-state index in [0.29, 0.717) is 19.1 Å². The fourth-order valence-electron chi connectivity index (χ4n) is 1.41. The van der Waals surface area contributed by atoms with Crippen molar-refractivity contribution >= 4 is 5.97 Å². The summed E-state index contributed by atoms with van der Waals surface area (Å²) in [4.78, 5) is 13.7. The third-order valence-corrected chi connectivity index (χ3v) is 2.50. The van der Waals surface area contributed by atoms with Crippen LogP contribution in [0.4, 0.5) is 0 Å². The van der Waals surface area contributed by atoms with Gasteiger partial charge >= 0.3 is 5.97 Å². The van der Waals surface area contributed by atoms with E-state index in [1.807, 2.05) is 14.0 Å². The molecule has 0 bridgehead atoms. The molecule has 0 aliphatic heterocycles. The van der Waals surface area contributed by atoms with Crippen LogP contribution in [-0.4, -0.2) is 50.7 Å². The Bertz CT molecular complexity index is 195. The molecular weight excluding hydrogens is 204 g/mol. The van der Waals surface area contributed by atoms with Gasteiger partial charge in [-0.15, -0.1) is 0 Å². The lowest BCUT2D eigenvalue weighted by atomic mass is 10.1. The summed E-state index contributed by atoms with van der Waals surface area (Å²) in [6, 6.07) is -0.225. The van der Waals surface area contributed by atoms with Gasteiger partial charge in [-0.1, -0.05) is 13.8 Å². The highest BCUT2D eigenvalue weighted by Crippen LogP contribution is 2.01. The molecule has 1 N–H and O–H groups in total. The van der Waals surface area contributed by atoms with Gasteiger partial charge in [0.15, 0.2) is 0 Å². The zero-order valence-corrected chi connectivity index (χ0v) is 11.2. The van der Waals surface area contributed by atoms with Crippen molar-refractivity contribution < 1.29 is 9.53 Å². The maximum atomic E-state index is 11.5. The van der Waals surface area contributed by atoms with Crippen molar-refractivity contribution in [3.63, 3.8) is 0 Å². The van der Waals surface area contributed by atoms with Crippen molar-refractivity contribution in [2.45, 2.75) is 33.2 Å². The van der Waals surface area contributed by atoms with Crippen LogP contribution in [0.3, 0.4) is 0 Å². The van der Waals surface area contributed by atoms with Gasteiger partial charge in [-0.25, -0.2) is 0 Å². The van der Waals surface area contributed by atoms with Gasteiger partial charge < -0.3 is 15.0 Å². The molecule has 1 atom stereocenters. The summed E-state index contributed by atoms with van der Waals surface area (Å²) in [5, 5.41) is 2.99. The van der Waals surface area contributed by atoms with E-state index in [2.05, 4.69) is 24.1 Å². The second-order valence-electron chi connectivity index (χ2n) is 4.54. The molecule has 4 nitrogen and oxygen atoms in total. The number of nitrogens with one attached hydrogen (secondary N) is 1. The van der Waals surface area contributed by atoms with Gasteiger partial charge in [0.2, 0.25) is 0 Å². The molecule has 0 rings (SSSR count). The number of carbonyl (C=O) groups excluding carboxylic acids is 1. The number of esters is 1. The van der Waals surface area contributed by atoms with Crippen molar-refractivity contribution in [3.05, 3.63) is 0 Å². The molecule has 0 spiro atoms. The summed E-state index contributed by atoms with van der Waals surface area (Å²) in [5.41, 5.74) is 0. The van der Waals surface area contributed by atoms with E-state index >= 15 is 0 Å². The van der Waals surface area contributed by atoms with Gasteiger partial charge in [0.25, 0.3) is 0 Å². The average molecular weight is 230 g/mol. The predicted molar refractivity (Wildman–Crippen MR) is 66.4 cm³/mol. The molecule has 0 aromatic heterocycles. The number of nitrogens with zero attached hydrogens (tertiary/aromatic N) is 1. The number of ether oxygens (including phenoxy) is 1. The molecule has 0 aliphatic rings. The van der Waals surface area contributed by atoms with E-state index in [0.717, 1.165) is 13.0 Å². The molecule has 0 aromatic carbocycles. The molecular formula is C12H26N2O2. The highest BCUT2D eigenvalue weighted by molar-refractivity contribution is 5.76. The summed E-state index contributed by atoms with van der Waals surface area (Å²) in [7, 11) is 3.82. The zero-order valence-electron chi connectivity index (χ0n) is 11.2. The summed E-state index contributed by atoms with van der Waals surface area (Å²) in [6.45, 7) is 8.38. The normalized spacial score (nSPS) is 13.2. The topological polar surface area (TPSA) is 41.6 Å². The lowest BCUT2D eigenvalue weighted by molar-refractivity contribution is -0.145. The van der Waals surface area contributed by atoms with Gasteiger partial charge in [0.1, 0.15) is 6.04 Å². The molecule has 16 heavy (non-hydrogen) atoms. The van der Waals surface area contributed by atoms with Gasteiger partial charge in [-0.2, -0.15) is 0 Å².